The first-order valence-electron chi connectivity index (χ1n) is 9.45. The number of likely N-dealkylation sites (tertiary alicyclic amines) is 2. The highest BCUT2D eigenvalue weighted by Crippen LogP contribution is 2.20. The summed E-state index contributed by atoms with van der Waals surface area (Å²) in [5.74, 6) is 2.76. The molecule has 5 heteroatoms. The van der Waals surface area contributed by atoms with Gasteiger partial charge in [0.15, 0.2) is 5.96 Å². The van der Waals surface area contributed by atoms with Crippen LogP contribution < -0.4 is 5.32 Å². The highest BCUT2D eigenvalue weighted by atomic mass is 32.1. The third-order valence-electron chi connectivity index (χ3n) is 5.51. The summed E-state index contributed by atoms with van der Waals surface area (Å²) in [6, 6.07) is 4.41. The van der Waals surface area contributed by atoms with Gasteiger partial charge in [-0.05, 0) is 62.1 Å². The highest BCUT2D eigenvalue weighted by molar-refractivity contribution is 7.09. The minimum atomic E-state index is 0.782. The van der Waals surface area contributed by atoms with E-state index in [1.807, 2.05) is 18.4 Å². The van der Waals surface area contributed by atoms with Gasteiger partial charge < -0.3 is 10.2 Å². The lowest BCUT2D eigenvalue weighted by Gasteiger charge is -2.35. The topological polar surface area (TPSA) is 30.9 Å². The molecular formula is C19H32N4S. The molecule has 0 saturated carbocycles. The fourth-order valence-electron chi connectivity index (χ4n) is 3.76. The Kier molecular flexibility index (Phi) is 6.55. The number of thiophene rings is 1. The molecule has 0 atom stereocenters. The maximum absolute atomic E-state index is 4.51. The van der Waals surface area contributed by atoms with Gasteiger partial charge in [-0.1, -0.05) is 13.0 Å². The van der Waals surface area contributed by atoms with Crippen molar-refractivity contribution < 1.29 is 0 Å². The summed E-state index contributed by atoms with van der Waals surface area (Å²) in [7, 11) is 1.92. The molecule has 4 nitrogen and oxygen atoms in total. The van der Waals surface area contributed by atoms with Crippen LogP contribution in [0.15, 0.2) is 22.5 Å². The van der Waals surface area contributed by atoms with Crippen molar-refractivity contribution in [3.05, 3.63) is 22.4 Å². The molecule has 2 aliphatic heterocycles. The average molecular weight is 349 g/mol. The summed E-state index contributed by atoms with van der Waals surface area (Å²) in [6.45, 7) is 9.32. The van der Waals surface area contributed by atoms with Gasteiger partial charge in [-0.2, -0.15) is 0 Å². The van der Waals surface area contributed by atoms with Crippen molar-refractivity contribution in [3.8, 4) is 0 Å². The second-order valence-corrected chi connectivity index (χ2v) is 8.43. The van der Waals surface area contributed by atoms with Crippen LogP contribution in [0.5, 0.6) is 0 Å². The predicted molar refractivity (Wildman–Crippen MR) is 104 cm³/mol. The van der Waals surface area contributed by atoms with E-state index in [-0.39, 0.29) is 0 Å². The number of nitrogens with one attached hydrogen (secondary N) is 1. The number of hydrogen-bond donors (Lipinski definition) is 1. The van der Waals surface area contributed by atoms with Crippen molar-refractivity contribution in [2.45, 2.75) is 39.2 Å². The first-order chi connectivity index (χ1) is 11.7. The van der Waals surface area contributed by atoms with Crippen molar-refractivity contribution in [1.82, 2.24) is 15.1 Å². The Hall–Kier alpha value is -1.07. The molecule has 3 heterocycles. The van der Waals surface area contributed by atoms with Crippen LogP contribution in [0.4, 0.5) is 0 Å². The zero-order valence-corrected chi connectivity index (χ0v) is 16.0. The summed E-state index contributed by atoms with van der Waals surface area (Å²) >= 11 is 1.88. The minimum absolute atomic E-state index is 0.782. The van der Waals surface area contributed by atoms with E-state index >= 15 is 0 Å². The number of piperidine rings is 2. The van der Waals surface area contributed by atoms with E-state index in [0.29, 0.717) is 0 Å². The van der Waals surface area contributed by atoms with Crippen LogP contribution in [0.1, 0.15) is 37.5 Å². The lowest BCUT2D eigenvalue weighted by Crippen LogP contribution is -2.47. The molecule has 0 bridgehead atoms. The highest BCUT2D eigenvalue weighted by Gasteiger charge is 2.22. The molecule has 3 rings (SSSR count). The standard InChI is InChI=1S/C19H32N4S/c1-16-5-11-23(12-6-16)19(20-2)21-14-17-7-9-22(10-8-17)15-18-4-3-13-24-18/h3-4,13,16-17H,5-12,14-15H2,1-2H3,(H,20,21). The molecule has 0 amide bonds. The number of hydrogen-bond acceptors (Lipinski definition) is 3. The minimum Gasteiger partial charge on any atom is -0.356 e. The molecule has 2 saturated heterocycles. The largest absolute Gasteiger partial charge is 0.356 e. The SMILES string of the molecule is CN=C(NCC1CCN(Cc2cccs2)CC1)N1CCC(C)CC1. The van der Waals surface area contributed by atoms with Crippen molar-refractivity contribution in [3.63, 3.8) is 0 Å². The number of aliphatic imine (C=N–C) groups is 1. The van der Waals surface area contributed by atoms with Gasteiger partial charge in [-0.15, -0.1) is 11.3 Å². The van der Waals surface area contributed by atoms with E-state index < -0.39 is 0 Å². The second-order valence-electron chi connectivity index (χ2n) is 7.40. The predicted octanol–water partition coefficient (Wildman–Crippen LogP) is 3.27. The average Bonchev–Trinajstić information content (AvgIpc) is 3.11. The van der Waals surface area contributed by atoms with Gasteiger partial charge in [0.2, 0.25) is 0 Å². The zero-order chi connectivity index (χ0) is 16.8. The van der Waals surface area contributed by atoms with E-state index in [4.69, 9.17) is 0 Å². The van der Waals surface area contributed by atoms with E-state index in [2.05, 4.69) is 44.5 Å². The quantitative estimate of drug-likeness (QED) is 0.669. The Morgan fingerprint density at radius 2 is 1.96 bits per heavy atom. The Balaban J connectivity index is 1.38. The Bertz CT molecular complexity index is 497. The molecule has 1 N–H and O–H groups in total. The normalized spacial score (nSPS) is 22.1. The summed E-state index contributed by atoms with van der Waals surface area (Å²) in [6.07, 6.45) is 5.18. The number of rotatable bonds is 4. The van der Waals surface area contributed by atoms with Gasteiger partial charge in [-0.3, -0.25) is 9.89 Å². The fourth-order valence-corrected chi connectivity index (χ4v) is 4.51. The molecule has 134 valence electrons. The molecule has 24 heavy (non-hydrogen) atoms. The molecule has 1 aromatic rings. The van der Waals surface area contributed by atoms with E-state index in [1.165, 1.54) is 43.6 Å². The third kappa shape index (κ3) is 4.96. The van der Waals surface area contributed by atoms with Crippen molar-refractivity contribution in [1.29, 1.82) is 0 Å². The number of guanidine groups is 1. The van der Waals surface area contributed by atoms with E-state index in [1.54, 1.807) is 0 Å². The number of nitrogens with zero attached hydrogens (tertiary/aromatic N) is 3. The van der Waals surface area contributed by atoms with Crippen molar-refractivity contribution >= 4 is 17.3 Å². The maximum Gasteiger partial charge on any atom is 0.193 e. The molecule has 0 aliphatic carbocycles. The molecule has 0 radical (unpaired) electrons. The van der Waals surface area contributed by atoms with Gasteiger partial charge in [-0.25, -0.2) is 0 Å². The molecular weight excluding hydrogens is 316 g/mol. The van der Waals surface area contributed by atoms with Gasteiger partial charge in [0.25, 0.3) is 0 Å². The Labute approximate surface area is 150 Å². The smallest absolute Gasteiger partial charge is 0.193 e. The summed E-state index contributed by atoms with van der Waals surface area (Å²) in [5.41, 5.74) is 0. The van der Waals surface area contributed by atoms with Gasteiger partial charge in [0.1, 0.15) is 0 Å². The van der Waals surface area contributed by atoms with Crippen LogP contribution in [0, 0.1) is 11.8 Å². The molecule has 0 unspecified atom stereocenters. The van der Waals surface area contributed by atoms with Gasteiger partial charge >= 0.3 is 0 Å². The molecule has 1 aromatic heterocycles. The van der Waals surface area contributed by atoms with E-state index in [9.17, 15) is 0 Å². The van der Waals surface area contributed by atoms with E-state index in [0.717, 1.165) is 44.0 Å². The first-order valence-corrected chi connectivity index (χ1v) is 10.3. The monoisotopic (exact) mass is 348 g/mol. The van der Waals surface area contributed by atoms with Crippen LogP contribution in [0.3, 0.4) is 0 Å². The lowest BCUT2D eigenvalue weighted by molar-refractivity contribution is 0.178. The van der Waals surface area contributed by atoms with Crippen molar-refractivity contribution in [2.75, 3.05) is 39.8 Å². The van der Waals surface area contributed by atoms with Crippen LogP contribution in [-0.4, -0.2) is 55.5 Å². The molecule has 2 fully saturated rings. The zero-order valence-electron chi connectivity index (χ0n) is 15.2. The maximum atomic E-state index is 4.51. The Morgan fingerprint density at radius 1 is 1.21 bits per heavy atom. The third-order valence-corrected chi connectivity index (χ3v) is 6.37. The van der Waals surface area contributed by atoms with Crippen molar-refractivity contribution in [2.24, 2.45) is 16.8 Å². The molecule has 2 aliphatic rings. The van der Waals surface area contributed by atoms with Gasteiger partial charge in [0.05, 0.1) is 0 Å². The molecule has 0 aromatic carbocycles. The van der Waals surface area contributed by atoms with Crippen LogP contribution in [0.2, 0.25) is 0 Å². The van der Waals surface area contributed by atoms with Crippen LogP contribution in [0.25, 0.3) is 0 Å². The summed E-state index contributed by atoms with van der Waals surface area (Å²) < 4.78 is 0. The first kappa shape index (κ1) is 17.7. The molecule has 0 spiro atoms. The second kappa shape index (κ2) is 8.86. The summed E-state index contributed by atoms with van der Waals surface area (Å²) in [4.78, 5) is 11.0. The summed E-state index contributed by atoms with van der Waals surface area (Å²) in [5, 5.41) is 5.82. The van der Waals surface area contributed by atoms with Gasteiger partial charge in [0, 0.05) is 38.1 Å². The Morgan fingerprint density at radius 3 is 2.58 bits per heavy atom. The van der Waals surface area contributed by atoms with Crippen LogP contribution >= 0.6 is 11.3 Å². The lowest BCUT2D eigenvalue weighted by atomic mass is 9.96. The fraction of sp³-hybridized carbons (Fsp3) is 0.737. The van der Waals surface area contributed by atoms with Crippen LogP contribution in [-0.2, 0) is 6.54 Å².